The minimum Gasteiger partial charge on any atom is -0.382 e. The van der Waals surface area contributed by atoms with Gasteiger partial charge in [0, 0.05) is 13.1 Å². The Morgan fingerprint density at radius 2 is 2.29 bits per heavy atom. The smallest absolute Gasteiger partial charge is 0.382 e. The number of nitrogens with zero attached hydrogens (tertiary/aromatic N) is 2. The number of aliphatic imine (C=N–C) groups is 1. The van der Waals surface area contributed by atoms with Crippen molar-refractivity contribution >= 4 is 5.96 Å². The van der Waals surface area contributed by atoms with Crippen molar-refractivity contribution in [1.82, 2.24) is 4.90 Å². The summed E-state index contributed by atoms with van der Waals surface area (Å²) >= 11 is 0. The first-order chi connectivity index (χ1) is 7.80. The number of halogens is 3. The van der Waals surface area contributed by atoms with Crippen LogP contribution >= 0.6 is 0 Å². The highest BCUT2D eigenvalue weighted by atomic mass is 19.4. The summed E-state index contributed by atoms with van der Waals surface area (Å²) in [6, 6.07) is 0. The second-order valence-electron chi connectivity index (χ2n) is 3.88. The lowest BCUT2D eigenvalue weighted by Crippen LogP contribution is -2.48. The topological polar surface area (TPSA) is 71.1 Å². The SMILES string of the molecule is CC1CN(C(N)=NCC(O)C(F)(F)F)CCO1. The second kappa shape index (κ2) is 5.54. The van der Waals surface area contributed by atoms with Crippen LogP contribution in [0.3, 0.4) is 0 Å². The molecule has 1 saturated heterocycles. The summed E-state index contributed by atoms with van der Waals surface area (Å²) in [6.45, 7) is 2.49. The van der Waals surface area contributed by atoms with Crippen molar-refractivity contribution in [2.24, 2.45) is 10.7 Å². The minimum absolute atomic E-state index is 0.00319. The lowest BCUT2D eigenvalue weighted by atomic mass is 10.3. The molecule has 8 heteroatoms. The van der Waals surface area contributed by atoms with Gasteiger partial charge in [0.1, 0.15) is 0 Å². The molecule has 0 radical (unpaired) electrons. The van der Waals surface area contributed by atoms with E-state index in [1.165, 1.54) is 0 Å². The van der Waals surface area contributed by atoms with Crippen molar-refractivity contribution in [2.75, 3.05) is 26.2 Å². The molecule has 0 bridgehead atoms. The van der Waals surface area contributed by atoms with E-state index >= 15 is 0 Å². The van der Waals surface area contributed by atoms with Gasteiger partial charge in [-0.2, -0.15) is 13.2 Å². The molecule has 1 aliphatic heterocycles. The minimum atomic E-state index is -4.66. The predicted octanol–water partition coefficient (Wildman–Crippen LogP) is -0.0550. The van der Waals surface area contributed by atoms with Gasteiger partial charge in [0.05, 0.1) is 19.3 Å². The number of morpholine rings is 1. The van der Waals surface area contributed by atoms with Gasteiger partial charge >= 0.3 is 6.18 Å². The van der Waals surface area contributed by atoms with Gasteiger partial charge in [-0.15, -0.1) is 0 Å². The molecule has 1 rings (SSSR count). The van der Waals surface area contributed by atoms with E-state index in [1.54, 1.807) is 4.90 Å². The van der Waals surface area contributed by atoms with Crippen LogP contribution in [-0.2, 0) is 4.74 Å². The fourth-order valence-electron chi connectivity index (χ4n) is 1.41. The maximum Gasteiger partial charge on any atom is 0.416 e. The molecule has 17 heavy (non-hydrogen) atoms. The van der Waals surface area contributed by atoms with Crippen molar-refractivity contribution in [2.45, 2.75) is 25.3 Å². The quantitative estimate of drug-likeness (QED) is 0.536. The first kappa shape index (κ1) is 14.0. The average Bonchev–Trinajstić information content (AvgIpc) is 2.24. The van der Waals surface area contributed by atoms with Crippen LogP contribution in [0.15, 0.2) is 4.99 Å². The molecule has 0 aromatic carbocycles. The third-order valence-electron chi connectivity index (χ3n) is 2.37. The molecule has 1 fully saturated rings. The molecule has 0 aromatic heterocycles. The number of ether oxygens (including phenoxy) is 1. The first-order valence-electron chi connectivity index (χ1n) is 5.22. The molecule has 2 atom stereocenters. The zero-order valence-electron chi connectivity index (χ0n) is 9.44. The van der Waals surface area contributed by atoms with Gasteiger partial charge in [-0.05, 0) is 6.92 Å². The van der Waals surface area contributed by atoms with E-state index in [2.05, 4.69) is 4.99 Å². The molecule has 0 aliphatic carbocycles. The largest absolute Gasteiger partial charge is 0.416 e. The van der Waals surface area contributed by atoms with Crippen LogP contribution in [-0.4, -0.2) is 60.6 Å². The van der Waals surface area contributed by atoms with Crippen LogP contribution in [0.4, 0.5) is 13.2 Å². The molecule has 0 spiro atoms. The number of hydrogen-bond acceptors (Lipinski definition) is 3. The number of rotatable bonds is 2. The number of guanidine groups is 1. The summed E-state index contributed by atoms with van der Waals surface area (Å²) in [7, 11) is 0. The Labute approximate surface area is 97.1 Å². The summed E-state index contributed by atoms with van der Waals surface area (Å²) in [4.78, 5) is 5.18. The normalized spacial score (nSPS) is 24.9. The lowest BCUT2D eigenvalue weighted by molar-refractivity contribution is -0.199. The molecular formula is C9H16F3N3O2. The van der Waals surface area contributed by atoms with E-state index < -0.39 is 18.8 Å². The highest BCUT2D eigenvalue weighted by Crippen LogP contribution is 2.20. The van der Waals surface area contributed by atoms with Crippen LogP contribution in [0.5, 0.6) is 0 Å². The van der Waals surface area contributed by atoms with E-state index in [0.29, 0.717) is 19.7 Å². The van der Waals surface area contributed by atoms with E-state index in [0.717, 1.165) is 0 Å². The number of alkyl halides is 3. The maximum absolute atomic E-state index is 12.0. The molecular weight excluding hydrogens is 239 g/mol. The van der Waals surface area contributed by atoms with Gasteiger partial charge in [-0.25, -0.2) is 0 Å². The van der Waals surface area contributed by atoms with Crippen LogP contribution in [0.2, 0.25) is 0 Å². The standard InChI is InChI=1S/C9H16F3N3O2/c1-6-5-15(2-3-17-6)8(13)14-4-7(16)9(10,11)12/h6-7,16H,2-5H2,1H3,(H2,13,14). The Morgan fingerprint density at radius 3 is 2.82 bits per heavy atom. The van der Waals surface area contributed by atoms with Gasteiger partial charge in [0.15, 0.2) is 12.1 Å². The fraction of sp³-hybridized carbons (Fsp3) is 0.889. The van der Waals surface area contributed by atoms with Gasteiger partial charge in [0.25, 0.3) is 0 Å². The highest BCUT2D eigenvalue weighted by Gasteiger charge is 2.38. The molecule has 0 amide bonds. The Hall–Kier alpha value is -1.02. The van der Waals surface area contributed by atoms with Crippen LogP contribution in [0, 0.1) is 0 Å². The zero-order chi connectivity index (χ0) is 13.1. The Kier molecular flexibility index (Phi) is 4.58. The fourth-order valence-corrected chi connectivity index (χ4v) is 1.41. The number of hydrogen-bond donors (Lipinski definition) is 2. The summed E-state index contributed by atoms with van der Waals surface area (Å²) in [5, 5.41) is 8.75. The molecule has 0 saturated carbocycles. The molecule has 1 aliphatic rings. The molecule has 2 unspecified atom stereocenters. The second-order valence-corrected chi connectivity index (χ2v) is 3.88. The Bertz CT molecular complexity index is 283. The third-order valence-corrected chi connectivity index (χ3v) is 2.37. The van der Waals surface area contributed by atoms with E-state index in [9.17, 15) is 13.2 Å². The number of nitrogens with two attached hydrogens (primary N) is 1. The molecule has 3 N–H and O–H groups in total. The van der Waals surface area contributed by atoms with Crippen molar-refractivity contribution < 1.29 is 23.0 Å². The Balaban J connectivity index is 2.48. The summed E-state index contributed by atoms with van der Waals surface area (Å²) in [5.41, 5.74) is 5.54. The monoisotopic (exact) mass is 255 g/mol. The van der Waals surface area contributed by atoms with Crippen molar-refractivity contribution in [3.8, 4) is 0 Å². The van der Waals surface area contributed by atoms with Gasteiger partial charge in [-0.3, -0.25) is 4.99 Å². The van der Waals surface area contributed by atoms with Gasteiger partial charge in [-0.1, -0.05) is 0 Å². The van der Waals surface area contributed by atoms with Crippen LogP contribution < -0.4 is 5.73 Å². The zero-order valence-corrected chi connectivity index (χ0v) is 9.44. The van der Waals surface area contributed by atoms with E-state index in [-0.39, 0.29) is 12.1 Å². The van der Waals surface area contributed by atoms with Crippen molar-refractivity contribution in [3.63, 3.8) is 0 Å². The average molecular weight is 255 g/mol. The first-order valence-corrected chi connectivity index (χ1v) is 5.22. The van der Waals surface area contributed by atoms with Crippen LogP contribution in [0.1, 0.15) is 6.92 Å². The summed E-state index contributed by atoms with van der Waals surface area (Å²) in [6.07, 6.45) is -7.17. The Morgan fingerprint density at radius 1 is 1.65 bits per heavy atom. The molecule has 5 nitrogen and oxygen atoms in total. The number of aliphatic hydroxyl groups excluding tert-OH is 1. The molecule has 0 aromatic rings. The predicted molar refractivity (Wildman–Crippen MR) is 55.5 cm³/mol. The van der Waals surface area contributed by atoms with Gasteiger partial charge < -0.3 is 20.5 Å². The van der Waals surface area contributed by atoms with Crippen molar-refractivity contribution in [3.05, 3.63) is 0 Å². The van der Waals surface area contributed by atoms with Gasteiger partial charge in [0.2, 0.25) is 0 Å². The summed E-state index contributed by atoms with van der Waals surface area (Å²) in [5.74, 6) is 0.00319. The van der Waals surface area contributed by atoms with Crippen molar-refractivity contribution in [1.29, 1.82) is 0 Å². The number of aliphatic hydroxyl groups is 1. The van der Waals surface area contributed by atoms with E-state index in [4.69, 9.17) is 15.6 Å². The maximum atomic E-state index is 12.0. The lowest BCUT2D eigenvalue weighted by Gasteiger charge is -2.32. The highest BCUT2D eigenvalue weighted by molar-refractivity contribution is 5.78. The third kappa shape index (κ3) is 4.39. The summed E-state index contributed by atoms with van der Waals surface area (Å²) < 4.78 is 41.3. The molecule has 1 heterocycles. The van der Waals surface area contributed by atoms with E-state index in [1.807, 2.05) is 6.92 Å². The molecule has 100 valence electrons. The van der Waals surface area contributed by atoms with Crippen LogP contribution in [0.25, 0.3) is 0 Å².